The Morgan fingerprint density at radius 3 is 2.41 bits per heavy atom. The highest BCUT2D eigenvalue weighted by Crippen LogP contribution is 2.35. The van der Waals surface area contributed by atoms with E-state index >= 15 is 0 Å². The molecule has 0 aliphatic rings. The Hall–Kier alpha value is -1.96. The van der Waals surface area contributed by atoms with Crippen LogP contribution < -0.4 is 9.64 Å². The van der Waals surface area contributed by atoms with Gasteiger partial charge in [0.25, 0.3) is 0 Å². The van der Waals surface area contributed by atoms with E-state index in [0.29, 0.717) is 0 Å². The molecule has 0 saturated heterocycles. The predicted molar refractivity (Wildman–Crippen MR) is 71.6 cm³/mol. The van der Waals surface area contributed by atoms with Crippen molar-refractivity contribution >= 4 is 5.69 Å². The molecule has 1 radical (unpaired) electrons. The number of hydrogen-bond acceptors (Lipinski definition) is 2. The summed E-state index contributed by atoms with van der Waals surface area (Å²) in [6, 6.07) is 17.3. The molecule has 0 saturated carbocycles. The summed E-state index contributed by atoms with van der Waals surface area (Å²) in [4.78, 5) is 2.10. The van der Waals surface area contributed by atoms with Gasteiger partial charge in [-0.2, -0.15) is 0 Å². The van der Waals surface area contributed by atoms with E-state index < -0.39 is 0 Å². The topological polar surface area (TPSA) is 12.5 Å². The number of benzene rings is 2. The quantitative estimate of drug-likeness (QED) is 0.796. The van der Waals surface area contributed by atoms with E-state index in [4.69, 9.17) is 4.74 Å². The van der Waals surface area contributed by atoms with E-state index in [-0.39, 0.29) is 0 Å². The molecular weight excluding hydrogens is 210 g/mol. The van der Waals surface area contributed by atoms with Crippen LogP contribution >= 0.6 is 0 Å². The SMILES string of the molecule is COc1[c]cccc1-c1ccccc1N(C)C. The molecule has 2 heteroatoms. The third-order valence-electron chi connectivity index (χ3n) is 2.70. The van der Waals surface area contributed by atoms with Gasteiger partial charge >= 0.3 is 0 Å². The largest absolute Gasteiger partial charge is 0.495 e. The van der Waals surface area contributed by atoms with Gasteiger partial charge in [-0.15, -0.1) is 0 Å². The van der Waals surface area contributed by atoms with Crippen LogP contribution in [-0.2, 0) is 0 Å². The first-order valence-electron chi connectivity index (χ1n) is 5.55. The summed E-state index contributed by atoms with van der Waals surface area (Å²) >= 11 is 0. The van der Waals surface area contributed by atoms with Crippen molar-refractivity contribution in [3.05, 3.63) is 48.5 Å². The Kier molecular flexibility index (Phi) is 3.33. The number of anilines is 1. The van der Waals surface area contributed by atoms with Gasteiger partial charge in [-0.05, 0) is 6.07 Å². The van der Waals surface area contributed by atoms with Crippen LogP contribution in [0, 0.1) is 6.07 Å². The van der Waals surface area contributed by atoms with Gasteiger partial charge in [0, 0.05) is 37.0 Å². The van der Waals surface area contributed by atoms with Crippen molar-refractivity contribution in [3.8, 4) is 16.9 Å². The molecule has 2 aromatic rings. The van der Waals surface area contributed by atoms with Crippen LogP contribution in [0.4, 0.5) is 5.69 Å². The zero-order chi connectivity index (χ0) is 12.3. The number of rotatable bonds is 3. The summed E-state index contributed by atoms with van der Waals surface area (Å²) in [7, 11) is 5.75. The summed E-state index contributed by atoms with van der Waals surface area (Å²) in [6.45, 7) is 0. The predicted octanol–water partition coefficient (Wildman–Crippen LogP) is 3.23. The maximum atomic E-state index is 5.36. The molecule has 17 heavy (non-hydrogen) atoms. The Labute approximate surface area is 102 Å². The summed E-state index contributed by atoms with van der Waals surface area (Å²) in [5.74, 6) is 0.779. The molecule has 0 aromatic heterocycles. The summed E-state index contributed by atoms with van der Waals surface area (Å²) in [5.41, 5.74) is 3.40. The van der Waals surface area contributed by atoms with Gasteiger partial charge < -0.3 is 9.64 Å². The highest BCUT2D eigenvalue weighted by Gasteiger charge is 2.10. The molecule has 0 aliphatic heterocycles. The summed E-state index contributed by atoms with van der Waals surface area (Å²) in [5, 5.41) is 0. The van der Waals surface area contributed by atoms with Gasteiger partial charge in [0.15, 0.2) is 0 Å². The van der Waals surface area contributed by atoms with Crippen molar-refractivity contribution in [2.45, 2.75) is 0 Å². The number of hydrogen-bond donors (Lipinski definition) is 0. The maximum Gasteiger partial charge on any atom is 0.134 e. The molecule has 0 fully saturated rings. The second-order valence-corrected chi connectivity index (χ2v) is 4.03. The van der Waals surface area contributed by atoms with Crippen LogP contribution in [0.25, 0.3) is 11.1 Å². The molecule has 0 N–H and O–H groups in total. The van der Waals surface area contributed by atoms with E-state index in [1.54, 1.807) is 7.11 Å². The first-order chi connectivity index (χ1) is 8.24. The van der Waals surface area contributed by atoms with Crippen LogP contribution in [-0.4, -0.2) is 21.2 Å². The van der Waals surface area contributed by atoms with Crippen molar-refractivity contribution in [2.75, 3.05) is 26.1 Å². The number of para-hydroxylation sites is 2. The van der Waals surface area contributed by atoms with Crippen LogP contribution in [0.3, 0.4) is 0 Å². The standard InChI is InChI=1S/C15H16NO/c1-16(2)14-10-6-4-8-12(14)13-9-5-7-11-15(13)17-3/h4-10H,1-3H3. The molecule has 87 valence electrons. The van der Waals surface area contributed by atoms with Gasteiger partial charge in [-0.25, -0.2) is 0 Å². The lowest BCUT2D eigenvalue weighted by Gasteiger charge is -2.18. The van der Waals surface area contributed by atoms with E-state index in [1.807, 2.05) is 38.4 Å². The van der Waals surface area contributed by atoms with E-state index in [0.717, 1.165) is 16.9 Å². The van der Waals surface area contributed by atoms with Gasteiger partial charge in [-0.3, -0.25) is 0 Å². The average molecular weight is 226 g/mol. The number of ether oxygens (including phenoxy) is 1. The van der Waals surface area contributed by atoms with Crippen LogP contribution in [0.1, 0.15) is 0 Å². The van der Waals surface area contributed by atoms with Gasteiger partial charge in [0.05, 0.1) is 7.11 Å². The lowest BCUT2D eigenvalue weighted by molar-refractivity contribution is 0.415. The molecule has 0 amide bonds. The Morgan fingerprint density at radius 1 is 1.00 bits per heavy atom. The van der Waals surface area contributed by atoms with Crippen molar-refractivity contribution < 1.29 is 4.74 Å². The average Bonchev–Trinajstić information content (AvgIpc) is 2.38. The molecule has 0 heterocycles. The van der Waals surface area contributed by atoms with Crippen LogP contribution in [0.5, 0.6) is 5.75 Å². The van der Waals surface area contributed by atoms with Gasteiger partial charge in [0.1, 0.15) is 5.75 Å². The molecule has 2 aromatic carbocycles. The minimum atomic E-state index is 0.779. The molecule has 0 aliphatic carbocycles. The molecule has 0 bridgehead atoms. The van der Waals surface area contributed by atoms with E-state index in [9.17, 15) is 0 Å². The zero-order valence-corrected chi connectivity index (χ0v) is 10.4. The lowest BCUT2D eigenvalue weighted by atomic mass is 10.0. The molecular formula is C15H16NO. The van der Waals surface area contributed by atoms with Crippen molar-refractivity contribution in [2.24, 2.45) is 0 Å². The minimum absolute atomic E-state index is 0.779. The Morgan fingerprint density at radius 2 is 1.71 bits per heavy atom. The molecule has 2 nitrogen and oxygen atoms in total. The maximum absolute atomic E-state index is 5.36. The molecule has 0 atom stereocenters. The summed E-state index contributed by atoms with van der Waals surface area (Å²) < 4.78 is 5.36. The molecule has 0 spiro atoms. The van der Waals surface area contributed by atoms with Crippen molar-refractivity contribution in [1.29, 1.82) is 0 Å². The van der Waals surface area contributed by atoms with Crippen molar-refractivity contribution in [1.82, 2.24) is 0 Å². The van der Waals surface area contributed by atoms with Crippen molar-refractivity contribution in [3.63, 3.8) is 0 Å². The number of methoxy groups -OCH3 is 1. The monoisotopic (exact) mass is 226 g/mol. The molecule has 2 rings (SSSR count). The third-order valence-corrected chi connectivity index (χ3v) is 2.70. The van der Waals surface area contributed by atoms with E-state index in [2.05, 4.69) is 29.2 Å². The van der Waals surface area contributed by atoms with Crippen LogP contribution in [0.15, 0.2) is 42.5 Å². The second-order valence-electron chi connectivity index (χ2n) is 4.03. The lowest BCUT2D eigenvalue weighted by Crippen LogP contribution is -2.09. The smallest absolute Gasteiger partial charge is 0.134 e. The van der Waals surface area contributed by atoms with Crippen LogP contribution in [0.2, 0.25) is 0 Å². The molecule has 0 unspecified atom stereocenters. The van der Waals surface area contributed by atoms with Gasteiger partial charge in [0.2, 0.25) is 0 Å². The van der Waals surface area contributed by atoms with E-state index in [1.165, 1.54) is 5.69 Å². The Balaban J connectivity index is 2.60. The zero-order valence-electron chi connectivity index (χ0n) is 10.4. The Bertz CT molecular complexity index is 506. The van der Waals surface area contributed by atoms with Gasteiger partial charge in [-0.1, -0.05) is 36.4 Å². The fourth-order valence-electron chi connectivity index (χ4n) is 1.89. The first kappa shape index (κ1) is 11.5. The highest BCUT2D eigenvalue weighted by molar-refractivity contribution is 5.81. The fraction of sp³-hybridized carbons (Fsp3) is 0.200. The fourth-order valence-corrected chi connectivity index (χ4v) is 1.89. The highest BCUT2D eigenvalue weighted by atomic mass is 16.5. The summed E-state index contributed by atoms with van der Waals surface area (Å²) in [6.07, 6.45) is 0. The minimum Gasteiger partial charge on any atom is -0.495 e. The second kappa shape index (κ2) is 4.91. The first-order valence-corrected chi connectivity index (χ1v) is 5.55. The number of nitrogens with zero attached hydrogens (tertiary/aromatic N) is 1. The third kappa shape index (κ3) is 2.26. The normalized spacial score (nSPS) is 10.1.